The maximum Gasteiger partial charge on any atom is 0.0506 e. The molecule has 0 unspecified atom stereocenters. The summed E-state index contributed by atoms with van der Waals surface area (Å²) in [6, 6.07) is 12.9. The molecule has 3 aromatic rings. The van der Waals surface area contributed by atoms with E-state index in [-0.39, 0.29) is 0 Å². The number of benzene rings is 2. The van der Waals surface area contributed by atoms with E-state index in [1.54, 1.807) is 0 Å². The summed E-state index contributed by atoms with van der Waals surface area (Å²) in [5.74, 6) is 0.756. The fraction of sp³-hybridized carbons (Fsp3) is 0.294. The van der Waals surface area contributed by atoms with Gasteiger partial charge in [-0.05, 0) is 42.5 Å². The third kappa shape index (κ3) is 1.76. The summed E-state index contributed by atoms with van der Waals surface area (Å²) in [7, 11) is 0. The topological polar surface area (TPSA) is 15.8 Å². The lowest BCUT2D eigenvalue weighted by atomic mass is 9.96. The van der Waals surface area contributed by atoms with Crippen LogP contribution in [-0.4, -0.2) is 4.98 Å². The van der Waals surface area contributed by atoms with E-state index in [9.17, 15) is 0 Å². The minimum absolute atomic E-state index is 0.756. The van der Waals surface area contributed by atoms with Crippen LogP contribution in [0.2, 0.25) is 5.02 Å². The highest BCUT2D eigenvalue weighted by atomic mass is 35.5. The van der Waals surface area contributed by atoms with Crippen molar-refractivity contribution in [2.45, 2.75) is 31.6 Å². The number of halogens is 1. The van der Waals surface area contributed by atoms with Crippen molar-refractivity contribution in [3.63, 3.8) is 0 Å². The molecule has 1 N–H and O–H groups in total. The zero-order chi connectivity index (χ0) is 12.8. The zero-order valence-corrected chi connectivity index (χ0v) is 11.5. The molecule has 0 aliphatic heterocycles. The van der Waals surface area contributed by atoms with Gasteiger partial charge in [0.15, 0.2) is 0 Å². The average molecular weight is 270 g/mol. The molecule has 96 valence electrons. The van der Waals surface area contributed by atoms with E-state index in [1.165, 1.54) is 42.1 Å². The van der Waals surface area contributed by atoms with Gasteiger partial charge in [-0.3, -0.25) is 0 Å². The van der Waals surface area contributed by atoms with Crippen LogP contribution in [0.3, 0.4) is 0 Å². The molecule has 1 saturated carbocycles. The molecule has 2 aromatic carbocycles. The molecular formula is C17H16ClN. The fourth-order valence-electron chi connectivity index (χ4n) is 3.44. The van der Waals surface area contributed by atoms with Crippen LogP contribution in [0.1, 0.15) is 37.2 Å². The van der Waals surface area contributed by atoms with Crippen molar-refractivity contribution in [1.29, 1.82) is 0 Å². The molecule has 0 bridgehead atoms. The van der Waals surface area contributed by atoms with E-state index in [0.717, 1.165) is 21.8 Å². The molecule has 1 aliphatic rings. The molecule has 0 radical (unpaired) electrons. The quantitative estimate of drug-likeness (QED) is 0.589. The Morgan fingerprint density at radius 1 is 1.00 bits per heavy atom. The van der Waals surface area contributed by atoms with E-state index >= 15 is 0 Å². The van der Waals surface area contributed by atoms with Crippen LogP contribution < -0.4 is 0 Å². The fourth-order valence-corrected chi connectivity index (χ4v) is 3.72. The van der Waals surface area contributed by atoms with Gasteiger partial charge in [-0.2, -0.15) is 0 Å². The summed E-state index contributed by atoms with van der Waals surface area (Å²) in [5, 5.41) is 3.22. The van der Waals surface area contributed by atoms with Crippen molar-refractivity contribution in [3.8, 4) is 0 Å². The number of H-pyrrole nitrogens is 1. The average Bonchev–Trinajstić information content (AvgIpc) is 3.05. The molecular weight excluding hydrogens is 254 g/mol. The minimum atomic E-state index is 0.756. The van der Waals surface area contributed by atoms with Crippen LogP contribution in [0.25, 0.3) is 21.8 Å². The standard InChI is InChI=1S/C17H16ClN/c18-14-6-3-7-15-17(14)13-9-8-12(10-16(13)19-15)11-4-1-2-5-11/h3,6-11,19H,1-2,4-5H2. The van der Waals surface area contributed by atoms with Gasteiger partial charge in [0.2, 0.25) is 0 Å². The maximum atomic E-state index is 6.32. The minimum Gasteiger partial charge on any atom is -0.354 e. The first-order chi connectivity index (χ1) is 9.33. The van der Waals surface area contributed by atoms with Gasteiger partial charge in [-0.15, -0.1) is 0 Å². The largest absolute Gasteiger partial charge is 0.354 e. The second kappa shape index (κ2) is 4.28. The predicted molar refractivity (Wildman–Crippen MR) is 82.0 cm³/mol. The molecule has 0 saturated heterocycles. The molecule has 19 heavy (non-hydrogen) atoms. The number of hydrogen-bond donors (Lipinski definition) is 1. The maximum absolute atomic E-state index is 6.32. The number of aromatic amines is 1. The third-order valence-corrected chi connectivity index (χ3v) is 4.74. The normalized spacial score (nSPS) is 16.7. The monoisotopic (exact) mass is 269 g/mol. The van der Waals surface area contributed by atoms with Gasteiger partial charge in [-0.1, -0.05) is 42.6 Å². The second-order valence-electron chi connectivity index (χ2n) is 5.57. The van der Waals surface area contributed by atoms with Crippen LogP contribution in [-0.2, 0) is 0 Å². The van der Waals surface area contributed by atoms with Gasteiger partial charge >= 0.3 is 0 Å². The Kier molecular flexibility index (Phi) is 2.56. The van der Waals surface area contributed by atoms with Crippen LogP contribution in [0, 0.1) is 0 Å². The number of rotatable bonds is 1. The summed E-state index contributed by atoms with van der Waals surface area (Å²) in [6.45, 7) is 0. The Morgan fingerprint density at radius 3 is 2.68 bits per heavy atom. The van der Waals surface area contributed by atoms with E-state index < -0.39 is 0 Å². The highest BCUT2D eigenvalue weighted by Gasteiger charge is 2.18. The lowest BCUT2D eigenvalue weighted by Crippen LogP contribution is -1.91. The lowest BCUT2D eigenvalue weighted by molar-refractivity contribution is 0.724. The van der Waals surface area contributed by atoms with Crippen molar-refractivity contribution in [2.75, 3.05) is 0 Å². The first-order valence-corrected chi connectivity index (χ1v) is 7.40. The van der Waals surface area contributed by atoms with E-state index in [2.05, 4.69) is 29.2 Å². The molecule has 1 fully saturated rings. The Labute approximate surface area is 117 Å². The van der Waals surface area contributed by atoms with E-state index in [0.29, 0.717) is 0 Å². The molecule has 1 nitrogen and oxygen atoms in total. The Balaban J connectivity index is 1.94. The van der Waals surface area contributed by atoms with Crippen LogP contribution >= 0.6 is 11.6 Å². The van der Waals surface area contributed by atoms with E-state index in [1.807, 2.05) is 12.1 Å². The second-order valence-corrected chi connectivity index (χ2v) is 5.98. The van der Waals surface area contributed by atoms with Gasteiger partial charge < -0.3 is 4.98 Å². The Bertz CT molecular complexity index is 750. The molecule has 1 aromatic heterocycles. The lowest BCUT2D eigenvalue weighted by Gasteiger charge is -2.09. The molecule has 0 amide bonds. The highest BCUT2D eigenvalue weighted by Crippen LogP contribution is 2.37. The first-order valence-electron chi connectivity index (χ1n) is 7.03. The highest BCUT2D eigenvalue weighted by molar-refractivity contribution is 6.37. The van der Waals surface area contributed by atoms with Gasteiger partial charge in [0.05, 0.1) is 5.02 Å². The van der Waals surface area contributed by atoms with Gasteiger partial charge in [-0.25, -0.2) is 0 Å². The summed E-state index contributed by atoms with van der Waals surface area (Å²) in [5.41, 5.74) is 3.83. The molecule has 4 rings (SSSR count). The molecule has 2 heteroatoms. The molecule has 0 spiro atoms. The van der Waals surface area contributed by atoms with Gasteiger partial charge in [0.25, 0.3) is 0 Å². The summed E-state index contributed by atoms with van der Waals surface area (Å²) in [6.07, 6.45) is 5.43. The zero-order valence-electron chi connectivity index (χ0n) is 10.7. The van der Waals surface area contributed by atoms with Crippen molar-refractivity contribution >= 4 is 33.4 Å². The van der Waals surface area contributed by atoms with Crippen molar-refractivity contribution in [1.82, 2.24) is 4.98 Å². The van der Waals surface area contributed by atoms with Crippen LogP contribution in [0.15, 0.2) is 36.4 Å². The number of hydrogen-bond acceptors (Lipinski definition) is 0. The summed E-state index contributed by atoms with van der Waals surface area (Å²) < 4.78 is 0. The Morgan fingerprint density at radius 2 is 1.84 bits per heavy atom. The predicted octanol–water partition coefficient (Wildman–Crippen LogP) is 5.63. The summed E-state index contributed by atoms with van der Waals surface area (Å²) >= 11 is 6.32. The first kappa shape index (κ1) is 11.4. The van der Waals surface area contributed by atoms with Crippen molar-refractivity contribution < 1.29 is 0 Å². The smallest absolute Gasteiger partial charge is 0.0506 e. The van der Waals surface area contributed by atoms with Crippen molar-refractivity contribution in [2.24, 2.45) is 0 Å². The SMILES string of the molecule is Clc1cccc2[nH]c3cc(C4CCCC4)ccc3c12. The van der Waals surface area contributed by atoms with Crippen molar-refractivity contribution in [3.05, 3.63) is 47.0 Å². The van der Waals surface area contributed by atoms with E-state index in [4.69, 9.17) is 11.6 Å². The number of nitrogens with one attached hydrogen (secondary N) is 1. The molecule has 0 atom stereocenters. The van der Waals surface area contributed by atoms with Crippen LogP contribution in [0.4, 0.5) is 0 Å². The molecule has 1 aliphatic carbocycles. The number of aromatic nitrogens is 1. The van der Waals surface area contributed by atoms with Gasteiger partial charge in [0.1, 0.15) is 0 Å². The summed E-state index contributed by atoms with van der Waals surface area (Å²) in [4.78, 5) is 3.50. The third-order valence-electron chi connectivity index (χ3n) is 4.42. The van der Waals surface area contributed by atoms with Crippen LogP contribution in [0.5, 0.6) is 0 Å². The Hall–Kier alpha value is -1.47. The molecule has 1 heterocycles. The number of fused-ring (bicyclic) bond motifs is 3. The van der Waals surface area contributed by atoms with Gasteiger partial charge in [0, 0.05) is 21.8 Å².